The fourth-order valence-corrected chi connectivity index (χ4v) is 4.40. The molecular weight excluding hydrogens is 235 g/mol. The van der Waals surface area contributed by atoms with Crippen LogP contribution < -0.4 is 5.19 Å². The molecule has 4 heteroatoms. The van der Waals surface area contributed by atoms with Crippen LogP contribution in [-0.2, 0) is 0 Å². The molecule has 1 heterocycles. The first-order valence-corrected chi connectivity index (χ1v) is 9.74. The Labute approximate surface area is 112 Å². The molecular formula is C14H23BN2Si. The summed E-state index contributed by atoms with van der Waals surface area (Å²) in [4.78, 5) is 4.82. The minimum Gasteiger partial charge on any atom is -0.326 e. The van der Waals surface area contributed by atoms with Gasteiger partial charge in [-0.25, -0.2) is 0 Å². The zero-order valence-electron chi connectivity index (χ0n) is 11.9. The van der Waals surface area contributed by atoms with Crippen molar-refractivity contribution in [2.75, 3.05) is 27.2 Å². The second-order valence-corrected chi connectivity index (χ2v) is 10.2. The van der Waals surface area contributed by atoms with E-state index in [-0.39, 0.29) is 0 Å². The molecule has 0 amide bonds. The van der Waals surface area contributed by atoms with Crippen LogP contribution in [0.4, 0.5) is 0 Å². The van der Waals surface area contributed by atoms with Gasteiger partial charge < -0.3 is 9.62 Å². The zero-order valence-corrected chi connectivity index (χ0v) is 12.9. The van der Waals surface area contributed by atoms with E-state index < -0.39 is 8.07 Å². The Bertz CT molecular complexity index is 409. The van der Waals surface area contributed by atoms with Gasteiger partial charge in [-0.05, 0) is 14.1 Å². The average Bonchev–Trinajstić information content (AvgIpc) is 2.68. The Morgan fingerprint density at radius 1 is 1.06 bits per heavy atom. The van der Waals surface area contributed by atoms with Crippen LogP contribution in [0.15, 0.2) is 42.0 Å². The molecule has 18 heavy (non-hydrogen) atoms. The number of rotatable bonds is 3. The van der Waals surface area contributed by atoms with Crippen LogP contribution in [0.1, 0.15) is 0 Å². The van der Waals surface area contributed by atoms with E-state index in [2.05, 4.69) is 78.8 Å². The molecule has 1 aliphatic heterocycles. The van der Waals surface area contributed by atoms with Crippen LogP contribution in [0.5, 0.6) is 0 Å². The summed E-state index contributed by atoms with van der Waals surface area (Å²) in [5.74, 6) is 2.40. The van der Waals surface area contributed by atoms with Crippen molar-refractivity contribution in [3.05, 3.63) is 42.0 Å². The highest BCUT2D eigenvalue weighted by atomic mass is 28.3. The molecule has 0 unspecified atom stereocenters. The largest absolute Gasteiger partial charge is 0.337 e. The first-order chi connectivity index (χ1) is 8.50. The quantitative estimate of drug-likeness (QED) is 0.760. The molecule has 0 aliphatic carbocycles. The second-order valence-electron chi connectivity index (χ2n) is 5.82. The third kappa shape index (κ3) is 2.94. The minimum absolute atomic E-state index is 0.473. The molecule has 0 aromatic heterocycles. The Kier molecular flexibility index (Phi) is 4.10. The van der Waals surface area contributed by atoms with Crippen LogP contribution in [0, 0.1) is 0 Å². The van der Waals surface area contributed by atoms with Crippen molar-refractivity contribution in [1.82, 2.24) is 9.62 Å². The molecule has 2 rings (SSSR count). The van der Waals surface area contributed by atoms with Gasteiger partial charge in [0.2, 0.25) is 0 Å². The maximum absolute atomic E-state index is 2.48. The van der Waals surface area contributed by atoms with Gasteiger partial charge in [-0.15, -0.1) is 5.70 Å². The third-order valence-corrected chi connectivity index (χ3v) is 6.76. The first-order valence-electron chi connectivity index (χ1n) is 6.66. The van der Waals surface area contributed by atoms with Crippen molar-refractivity contribution in [3.63, 3.8) is 0 Å². The lowest BCUT2D eigenvalue weighted by Crippen LogP contribution is -2.42. The molecule has 0 N–H and O–H groups in total. The van der Waals surface area contributed by atoms with E-state index >= 15 is 0 Å². The molecule has 0 atom stereocenters. The summed E-state index contributed by atoms with van der Waals surface area (Å²) >= 11 is 0. The molecule has 2 nitrogen and oxygen atoms in total. The van der Waals surface area contributed by atoms with Crippen LogP contribution in [0.2, 0.25) is 13.1 Å². The predicted molar refractivity (Wildman–Crippen MR) is 83.7 cm³/mol. The fraction of sp³-hybridized carbons (Fsp3) is 0.429. The molecule has 1 aliphatic rings. The van der Waals surface area contributed by atoms with E-state index in [9.17, 15) is 0 Å². The maximum Gasteiger partial charge on any atom is 0.337 e. The summed E-state index contributed by atoms with van der Waals surface area (Å²) in [7, 11) is 2.97. The Morgan fingerprint density at radius 3 is 2.17 bits per heavy atom. The lowest BCUT2D eigenvalue weighted by Gasteiger charge is -2.21. The van der Waals surface area contributed by atoms with E-state index in [1.165, 1.54) is 18.3 Å². The number of hydrogen-bond acceptors (Lipinski definition) is 2. The van der Waals surface area contributed by atoms with E-state index in [0.29, 0.717) is 6.98 Å². The highest BCUT2D eigenvalue weighted by Crippen LogP contribution is 2.10. The topological polar surface area (TPSA) is 6.48 Å². The molecule has 1 fully saturated rings. The van der Waals surface area contributed by atoms with Gasteiger partial charge in [-0.1, -0.05) is 54.6 Å². The fourth-order valence-electron chi connectivity index (χ4n) is 2.50. The highest BCUT2D eigenvalue weighted by Gasteiger charge is 2.30. The first kappa shape index (κ1) is 13.6. The summed E-state index contributed by atoms with van der Waals surface area (Å²) in [5, 5.41) is 1.50. The summed E-state index contributed by atoms with van der Waals surface area (Å²) in [6.07, 6.45) is 0. The van der Waals surface area contributed by atoms with Gasteiger partial charge in [0.1, 0.15) is 8.07 Å². The normalized spacial score (nSPS) is 19.0. The summed E-state index contributed by atoms with van der Waals surface area (Å²) < 4.78 is 0. The molecule has 0 bridgehead atoms. The highest BCUT2D eigenvalue weighted by molar-refractivity contribution is 6.94. The van der Waals surface area contributed by atoms with Crippen molar-refractivity contribution in [2.24, 2.45) is 0 Å². The van der Waals surface area contributed by atoms with E-state index in [1.807, 2.05) is 0 Å². The van der Waals surface area contributed by atoms with Crippen LogP contribution in [0.3, 0.4) is 0 Å². The Morgan fingerprint density at radius 2 is 1.61 bits per heavy atom. The number of hydrogen-bond donors (Lipinski definition) is 0. The standard InChI is InChI=1S/C14H23BN2Si/c1-16-11-12-17(2)15(16)10-13-18(3,4)14-8-6-5-7-9-14/h5-10,13H,11-12H2,1-4H3/b13-10-. The van der Waals surface area contributed by atoms with Crippen LogP contribution in [0.25, 0.3) is 0 Å². The van der Waals surface area contributed by atoms with E-state index in [1.54, 1.807) is 0 Å². The molecule has 1 aromatic carbocycles. The molecule has 1 saturated heterocycles. The summed E-state index contributed by atoms with van der Waals surface area (Å²) in [6.45, 7) is 7.62. The minimum atomic E-state index is -1.44. The van der Waals surface area contributed by atoms with Crippen molar-refractivity contribution >= 4 is 20.2 Å². The average molecular weight is 258 g/mol. The monoisotopic (exact) mass is 258 g/mol. The van der Waals surface area contributed by atoms with Crippen molar-refractivity contribution in [2.45, 2.75) is 13.1 Å². The predicted octanol–water partition coefficient (Wildman–Crippen LogP) is 1.60. The van der Waals surface area contributed by atoms with Gasteiger partial charge in [0, 0.05) is 13.1 Å². The van der Waals surface area contributed by atoms with Crippen molar-refractivity contribution in [1.29, 1.82) is 0 Å². The van der Waals surface area contributed by atoms with E-state index in [4.69, 9.17) is 0 Å². The second kappa shape index (κ2) is 5.43. The smallest absolute Gasteiger partial charge is 0.326 e. The lowest BCUT2D eigenvalue weighted by molar-refractivity contribution is 0.553. The van der Waals surface area contributed by atoms with E-state index in [0.717, 1.165) is 0 Å². The summed E-state index contributed by atoms with van der Waals surface area (Å²) in [6, 6.07) is 10.9. The number of nitrogens with zero attached hydrogens (tertiary/aromatic N) is 2. The Hall–Kier alpha value is -0.838. The van der Waals surface area contributed by atoms with Crippen molar-refractivity contribution < 1.29 is 0 Å². The molecule has 96 valence electrons. The van der Waals surface area contributed by atoms with Crippen molar-refractivity contribution in [3.8, 4) is 0 Å². The zero-order chi connectivity index (χ0) is 13.2. The third-order valence-electron chi connectivity index (χ3n) is 3.91. The SMILES string of the molecule is CN1CCN(C)B1/C=C\[Si](C)(C)c1ccccc1. The van der Waals surface area contributed by atoms with Gasteiger partial charge in [0.05, 0.1) is 0 Å². The van der Waals surface area contributed by atoms with Gasteiger partial charge in [0.25, 0.3) is 0 Å². The Balaban J connectivity index is 2.13. The van der Waals surface area contributed by atoms with Gasteiger partial charge in [-0.3, -0.25) is 0 Å². The lowest BCUT2D eigenvalue weighted by atomic mass is 9.75. The van der Waals surface area contributed by atoms with Gasteiger partial charge in [-0.2, -0.15) is 0 Å². The molecule has 0 radical (unpaired) electrons. The number of likely N-dealkylation sites (N-methyl/N-ethyl adjacent to an activating group) is 2. The van der Waals surface area contributed by atoms with Crippen LogP contribution in [-0.4, -0.2) is 51.9 Å². The van der Waals surface area contributed by atoms with Gasteiger partial charge >= 0.3 is 6.98 Å². The molecule has 0 spiro atoms. The molecule has 1 aromatic rings. The number of benzene rings is 1. The van der Waals surface area contributed by atoms with Crippen LogP contribution >= 0.6 is 0 Å². The molecule has 0 saturated carbocycles. The van der Waals surface area contributed by atoms with Gasteiger partial charge in [0.15, 0.2) is 0 Å². The maximum atomic E-state index is 2.48. The summed E-state index contributed by atoms with van der Waals surface area (Å²) in [5.41, 5.74) is 2.48.